The van der Waals surface area contributed by atoms with Crippen LogP contribution in [0, 0.1) is 15.9 Å². The number of nitro groups is 1. The fraction of sp³-hybridized carbons (Fsp3) is 0.304. The average Bonchev–Trinajstić information content (AvgIpc) is 3.27. The molecule has 3 aromatic rings. The fourth-order valence-corrected chi connectivity index (χ4v) is 4.13. The van der Waals surface area contributed by atoms with Gasteiger partial charge in [0.25, 0.3) is 11.6 Å². The van der Waals surface area contributed by atoms with Crippen molar-refractivity contribution in [1.29, 1.82) is 0 Å². The van der Waals surface area contributed by atoms with Gasteiger partial charge in [-0.15, -0.1) is 0 Å². The largest absolute Gasteiger partial charge is 0.416 e. The van der Waals surface area contributed by atoms with E-state index >= 15 is 0 Å². The van der Waals surface area contributed by atoms with Crippen molar-refractivity contribution in [3.8, 4) is 5.69 Å². The quantitative estimate of drug-likeness (QED) is 0.299. The van der Waals surface area contributed by atoms with Crippen LogP contribution in [0.4, 0.5) is 28.9 Å². The van der Waals surface area contributed by atoms with Crippen molar-refractivity contribution >= 4 is 17.3 Å². The molecule has 0 atom stereocenters. The molecular weight excluding hydrogens is 470 g/mol. The summed E-state index contributed by atoms with van der Waals surface area (Å²) in [5.74, 6) is -0.654. The zero-order valence-corrected chi connectivity index (χ0v) is 18.6. The van der Waals surface area contributed by atoms with Gasteiger partial charge < -0.3 is 9.80 Å². The molecule has 12 heteroatoms. The van der Waals surface area contributed by atoms with Crippen LogP contribution in [0.2, 0.25) is 0 Å². The molecule has 1 aliphatic rings. The van der Waals surface area contributed by atoms with Crippen LogP contribution in [-0.4, -0.2) is 51.7 Å². The van der Waals surface area contributed by atoms with E-state index in [0.717, 1.165) is 12.1 Å². The highest BCUT2D eigenvalue weighted by atomic mass is 19.4. The lowest BCUT2D eigenvalue weighted by molar-refractivity contribution is -0.384. The minimum absolute atomic E-state index is 0.0773. The van der Waals surface area contributed by atoms with E-state index in [1.165, 1.54) is 18.3 Å². The molecule has 184 valence electrons. The van der Waals surface area contributed by atoms with Gasteiger partial charge in [-0.2, -0.15) is 18.3 Å². The van der Waals surface area contributed by atoms with Crippen LogP contribution in [0.15, 0.2) is 48.7 Å². The van der Waals surface area contributed by atoms with Gasteiger partial charge in [0.15, 0.2) is 0 Å². The smallest absolute Gasteiger partial charge is 0.362 e. The number of rotatable bonds is 5. The van der Waals surface area contributed by atoms with Crippen LogP contribution in [0.3, 0.4) is 0 Å². The molecule has 2 aromatic carbocycles. The third-order valence-corrected chi connectivity index (χ3v) is 5.91. The lowest BCUT2D eigenvalue weighted by Gasteiger charge is -2.35. The standard InChI is InChI=1S/C23H21F4N5O3/c1-2-19-18(14-28-31(19)17-6-4-16(24)5-7-17)22(33)30-11-9-29(10-12-30)20-8-3-15(23(25,26)27)13-21(20)32(34)35/h3-8,13-14H,2,9-12H2,1H3. The Kier molecular flexibility index (Phi) is 6.46. The minimum Gasteiger partial charge on any atom is -0.362 e. The first kappa shape index (κ1) is 24.2. The normalized spacial score (nSPS) is 14.3. The van der Waals surface area contributed by atoms with Crippen molar-refractivity contribution in [3.05, 3.63) is 81.4 Å². The highest BCUT2D eigenvalue weighted by molar-refractivity contribution is 5.95. The highest BCUT2D eigenvalue weighted by Gasteiger charge is 2.34. The Morgan fingerprint density at radius 1 is 1.09 bits per heavy atom. The van der Waals surface area contributed by atoms with E-state index in [2.05, 4.69) is 5.10 Å². The molecule has 0 radical (unpaired) electrons. The highest BCUT2D eigenvalue weighted by Crippen LogP contribution is 2.37. The van der Waals surface area contributed by atoms with Crippen LogP contribution in [0.25, 0.3) is 5.69 Å². The number of aromatic nitrogens is 2. The molecule has 2 heterocycles. The van der Waals surface area contributed by atoms with E-state index in [1.807, 2.05) is 6.92 Å². The molecule has 1 amide bonds. The van der Waals surface area contributed by atoms with Gasteiger partial charge in [0.2, 0.25) is 0 Å². The van der Waals surface area contributed by atoms with Crippen molar-refractivity contribution in [2.24, 2.45) is 0 Å². The lowest BCUT2D eigenvalue weighted by atomic mass is 10.1. The van der Waals surface area contributed by atoms with Gasteiger partial charge in [-0.1, -0.05) is 6.92 Å². The van der Waals surface area contributed by atoms with Crippen LogP contribution in [0.1, 0.15) is 28.5 Å². The first-order chi connectivity index (χ1) is 16.6. The number of anilines is 1. The van der Waals surface area contributed by atoms with Gasteiger partial charge in [0, 0.05) is 32.2 Å². The Hall–Kier alpha value is -3.96. The Balaban J connectivity index is 1.51. The van der Waals surface area contributed by atoms with E-state index in [0.29, 0.717) is 29.4 Å². The van der Waals surface area contributed by atoms with Gasteiger partial charge in [-0.3, -0.25) is 14.9 Å². The average molecular weight is 491 g/mol. The first-order valence-corrected chi connectivity index (χ1v) is 10.8. The van der Waals surface area contributed by atoms with Crippen molar-refractivity contribution in [3.63, 3.8) is 0 Å². The summed E-state index contributed by atoms with van der Waals surface area (Å²) in [4.78, 5) is 27.0. The second-order valence-corrected chi connectivity index (χ2v) is 7.98. The molecule has 1 saturated heterocycles. The van der Waals surface area contributed by atoms with Crippen LogP contribution in [-0.2, 0) is 12.6 Å². The van der Waals surface area contributed by atoms with Crippen molar-refractivity contribution in [1.82, 2.24) is 14.7 Å². The Labute approximate surface area is 197 Å². The van der Waals surface area contributed by atoms with Crippen LogP contribution in [0.5, 0.6) is 0 Å². The summed E-state index contributed by atoms with van der Waals surface area (Å²) in [6.07, 6.45) is -2.74. The van der Waals surface area contributed by atoms with Crippen LogP contribution < -0.4 is 4.90 Å². The Morgan fingerprint density at radius 2 is 1.74 bits per heavy atom. The number of hydrogen-bond donors (Lipinski definition) is 0. The number of hydrogen-bond acceptors (Lipinski definition) is 5. The van der Waals surface area contributed by atoms with Crippen molar-refractivity contribution in [2.75, 3.05) is 31.1 Å². The zero-order valence-electron chi connectivity index (χ0n) is 18.6. The van der Waals surface area contributed by atoms with Gasteiger partial charge in [0.05, 0.1) is 33.6 Å². The SMILES string of the molecule is CCc1c(C(=O)N2CCN(c3ccc(C(F)(F)F)cc3[N+](=O)[O-])CC2)cnn1-c1ccc(F)cc1. The molecule has 35 heavy (non-hydrogen) atoms. The summed E-state index contributed by atoms with van der Waals surface area (Å²) < 4.78 is 53.8. The molecular formula is C23H21F4N5O3. The van der Waals surface area contributed by atoms with Gasteiger partial charge in [-0.05, 0) is 42.8 Å². The van der Waals surface area contributed by atoms with E-state index in [-0.39, 0.29) is 43.6 Å². The summed E-state index contributed by atoms with van der Waals surface area (Å²) in [5.41, 5.74) is 0.0175. The molecule has 1 fully saturated rings. The van der Waals surface area contributed by atoms with E-state index in [9.17, 15) is 32.5 Å². The number of alkyl halides is 3. The molecule has 0 spiro atoms. The molecule has 4 rings (SSSR count). The fourth-order valence-electron chi connectivity index (χ4n) is 4.13. The lowest BCUT2D eigenvalue weighted by Crippen LogP contribution is -2.49. The maximum Gasteiger partial charge on any atom is 0.416 e. The summed E-state index contributed by atoms with van der Waals surface area (Å²) >= 11 is 0. The first-order valence-electron chi connectivity index (χ1n) is 10.8. The van der Waals surface area contributed by atoms with Crippen molar-refractivity contribution < 1.29 is 27.3 Å². The van der Waals surface area contributed by atoms with E-state index in [4.69, 9.17) is 0 Å². The molecule has 1 aliphatic heterocycles. The predicted molar refractivity (Wildman–Crippen MR) is 119 cm³/mol. The van der Waals surface area contributed by atoms with E-state index < -0.39 is 22.4 Å². The maximum atomic E-state index is 13.3. The number of piperazine rings is 1. The predicted octanol–water partition coefficient (Wildman–Crippen LogP) is 4.46. The minimum atomic E-state index is -4.69. The third kappa shape index (κ3) is 4.81. The van der Waals surface area contributed by atoms with Gasteiger partial charge in [0.1, 0.15) is 11.5 Å². The number of carbonyl (C=O) groups excluding carboxylic acids is 1. The molecule has 0 aliphatic carbocycles. The van der Waals surface area contributed by atoms with Crippen molar-refractivity contribution in [2.45, 2.75) is 19.5 Å². The van der Waals surface area contributed by atoms with Crippen LogP contribution >= 0.6 is 0 Å². The molecule has 0 saturated carbocycles. The Morgan fingerprint density at radius 3 is 2.31 bits per heavy atom. The van der Waals surface area contributed by atoms with Gasteiger partial charge >= 0.3 is 6.18 Å². The second-order valence-electron chi connectivity index (χ2n) is 7.98. The maximum absolute atomic E-state index is 13.3. The zero-order chi connectivity index (χ0) is 25.3. The number of nitro benzene ring substituents is 1. The summed E-state index contributed by atoms with van der Waals surface area (Å²) in [7, 11) is 0. The molecule has 8 nitrogen and oxygen atoms in total. The summed E-state index contributed by atoms with van der Waals surface area (Å²) in [5, 5.41) is 15.7. The number of carbonyl (C=O) groups is 1. The summed E-state index contributed by atoms with van der Waals surface area (Å²) in [6, 6.07) is 8.17. The topological polar surface area (TPSA) is 84.5 Å². The monoisotopic (exact) mass is 491 g/mol. The van der Waals surface area contributed by atoms with E-state index in [1.54, 1.807) is 26.6 Å². The second kappa shape index (κ2) is 9.35. The molecule has 0 bridgehead atoms. The third-order valence-electron chi connectivity index (χ3n) is 5.91. The molecule has 0 unspecified atom stereocenters. The number of amides is 1. The van der Waals surface area contributed by atoms with Gasteiger partial charge in [-0.25, -0.2) is 9.07 Å². The number of halogens is 4. The summed E-state index contributed by atoms with van der Waals surface area (Å²) in [6.45, 7) is 2.75. The number of benzene rings is 2. The molecule has 0 N–H and O–H groups in total. The number of nitrogens with zero attached hydrogens (tertiary/aromatic N) is 5. The molecule has 1 aromatic heterocycles. The Bertz CT molecular complexity index is 1250.